The van der Waals surface area contributed by atoms with Gasteiger partial charge in [0.05, 0.1) is 6.61 Å². The average Bonchev–Trinajstić information content (AvgIpc) is 3.07. The summed E-state index contributed by atoms with van der Waals surface area (Å²) < 4.78 is 5.59. The van der Waals surface area contributed by atoms with Gasteiger partial charge in [-0.25, -0.2) is 0 Å². The van der Waals surface area contributed by atoms with Crippen LogP contribution in [0.15, 0.2) is 18.2 Å². The summed E-state index contributed by atoms with van der Waals surface area (Å²) in [6.45, 7) is 7.09. The Morgan fingerprint density at radius 3 is 2.81 bits per heavy atom. The van der Waals surface area contributed by atoms with Crippen LogP contribution in [0.3, 0.4) is 0 Å². The number of rotatable bonds is 5. The maximum atomic E-state index is 5.59. The minimum atomic E-state index is 0.581. The molecule has 1 aromatic carbocycles. The maximum absolute atomic E-state index is 5.59. The van der Waals surface area contributed by atoms with Gasteiger partial charge < -0.3 is 10.1 Å². The zero-order valence-corrected chi connectivity index (χ0v) is 10.4. The fraction of sp³-hybridized carbons (Fsp3) is 0.571. The second-order valence-electron chi connectivity index (χ2n) is 4.68. The van der Waals surface area contributed by atoms with Gasteiger partial charge in [-0.05, 0) is 51.2 Å². The monoisotopic (exact) mass is 219 g/mol. The maximum Gasteiger partial charge on any atom is 0.124 e. The Morgan fingerprint density at radius 1 is 1.44 bits per heavy atom. The van der Waals surface area contributed by atoms with Crippen molar-refractivity contribution in [3.8, 4) is 5.75 Å². The lowest BCUT2D eigenvalue weighted by atomic mass is 10.1. The molecule has 88 valence electrons. The van der Waals surface area contributed by atoms with Crippen LogP contribution < -0.4 is 10.1 Å². The first-order valence-electron chi connectivity index (χ1n) is 6.20. The van der Waals surface area contributed by atoms with E-state index in [-0.39, 0.29) is 0 Å². The van der Waals surface area contributed by atoms with Crippen molar-refractivity contribution in [2.24, 2.45) is 5.92 Å². The van der Waals surface area contributed by atoms with E-state index in [4.69, 9.17) is 4.74 Å². The molecule has 0 heterocycles. The lowest BCUT2D eigenvalue weighted by Crippen LogP contribution is -2.17. The molecule has 0 saturated heterocycles. The molecule has 0 radical (unpaired) electrons. The van der Waals surface area contributed by atoms with Gasteiger partial charge in [0, 0.05) is 17.8 Å². The molecule has 1 fully saturated rings. The van der Waals surface area contributed by atoms with Crippen molar-refractivity contribution in [3.05, 3.63) is 23.8 Å². The Bertz CT molecular complexity index is 358. The Balaban J connectivity index is 2.05. The van der Waals surface area contributed by atoms with Crippen molar-refractivity contribution < 1.29 is 4.74 Å². The molecule has 1 N–H and O–H groups in total. The molecule has 0 spiro atoms. The van der Waals surface area contributed by atoms with E-state index in [1.165, 1.54) is 24.1 Å². The molecule has 0 bridgehead atoms. The molecule has 1 atom stereocenters. The Labute approximate surface area is 98.0 Å². The van der Waals surface area contributed by atoms with Crippen LogP contribution in [-0.2, 0) is 0 Å². The van der Waals surface area contributed by atoms with Crippen LogP contribution in [0.4, 0.5) is 5.69 Å². The summed E-state index contributed by atoms with van der Waals surface area (Å²) in [4.78, 5) is 0. The zero-order valence-electron chi connectivity index (χ0n) is 10.4. The zero-order chi connectivity index (χ0) is 11.5. The molecular formula is C14H21NO. The highest BCUT2D eigenvalue weighted by atomic mass is 16.5. The number of nitrogens with one attached hydrogen (secondary N) is 1. The molecule has 1 aromatic rings. The summed E-state index contributed by atoms with van der Waals surface area (Å²) in [5.74, 6) is 1.87. The van der Waals surface area contributed by atoms with Gasteiger partial charge in [0.15, 0.2) is 0 Å². The molecule has 0 amide bonds. The van der Waals surface area contributed by atoms with Crippen LogP contribution in [0.2, 0.25) is 0 Å². The van der Waals surface area contributed by atoms with E-state index in [9.17, 15) is 0 Å². The highest BCUT2D eigenvalue weighted by Gasteiger charge is 2.27. The lowest BCUT2D eigenvalue weighted by molar-refractivity contribution is 0.338. The first-order chi connectivity index (χ1) is 7.70. The highest BCUT2D eigenvalue weighted by Crippen LogP contribution is 2.34. The van der Waals surface area contributed by atoms with Gasteiger partial charge in [-0.1, -0.05) is 6.07 Å². The van der Waals surface area contributed by atoms with E-state index >= 15 is 0 Å². The molecule has 2 nitrogen and oxygen atoms in total. The van der Waals surface area contributed by atoms with Crippen molar-refractivity contribution in [2.75, 3.05) is 11.9 Å². The van der Waals surface area contributed by atoms with E-state index in [0.29, 0.717) is 6.04 Å². The van der Waals surface area contributed by atoms with Gasteiger partial charge >= 0.3 is 0 Å². The number of aryl methyl sites for hydroxylation is 1. The van der Waals surface area contributed by atoms with Crippen molar-refractivity contribution in [2.45, 2.75) is 39.7 Å². The van der Waals surface area contributed by atoms with Gasteiger partial charge in [0.2, 0.25) is 0 Å². The molecule has 1 unspecified atom stereocenters. The van der Waals surface area contributed by atoms with E-state index in [0.717, 1.165) is 18.3 Å². The molecule has 16 heavy (non-hydrogen) atoms. The largest absolute Gasteiger partial charge is 0.494 e. The summed E-state index contributed by atoms with van der Waals surface area (Å²) in [5, 5.41) is 3.55. The molecule has 2 heteroatoms. The summed E-state index contributed by atoms with van der Waals surface area (Å²) in [6, 6.07) is 6.94. The Hall–Kier alpha value is -1.18. The van der Waals surface area contributed by atoms with Crippen LogP contribution in [-0.4, -0.2) is 12.6 Å². The van der Waals surface area contributed by atoms with Crippen LogP contribution in [0.25, 0.3) is 0 Å². The minimum absolute atomic E-state index is 0.581. The van der Waals surface area contributed by atoms with Gasteiger partial charge in [0.25, 0.3) is 0 Å². The van der Waals surface area contributed by atoms with Crippen LogP contribution in [0, 0.1) is 12.8 Å². The number of hydrogen-bond acceptors (Lipinski definition) is 2. The van der Waals surface area contributed by atoms with Crippen molar-refractivity contribution in [3.63, 3.8) is 0 Å². The second kappa shape index (κ2) is 4.77. The Kier molecular flexibility index (Phi) is 3.37. The van der Waals surface area contributed by atoms with Crippen molar-refractivity contribution in [1.82, 2.24) is 0 Å². The third kappa shape index (κ3) is 2.69. The van der Waals surface area contributed by atoms with Crippen LogP contribution in [0.5, 0.6) is 5.75 Å². The molecule has 0 aromatic heterocycles. The normalized spacial score (nSPS) is 16.9. The third-order valence-electron chi connectivity index (χ3n) is 3.21. The predicted octanol–water partition coefficient (Wildman–Crippen LogP) is 3.60. The first-order valence-corrected chi connectivity index (χ1v) is 6.20. The molecule has 1 aliphatic carbocycles. The number of hydrogen-bond donors (Lipinski definition) is 1. The topological polar surface area (TPSA) is 21.3 Å². The number of ether oxygens (including phenoxy) is 1. The van der Waals surface area contributed by atoms with Crippen LogP contribution >= 0.6 is 0 Å². The lowest BCUT2D eigenvalue weighted by Gasteiger charge is -2.16. The van der Waals surface area contributed by atoms with Crippen molar-refractivity contribution in [1.29, 1.82) is 0 Å². The molecule has 1 aliphatic rings. The summed E-state index contributed by atoms with van der Waals surface area (Å²) in [7, 11) is 0. The quantitative estimate of drug-likeness (QED) is 0.817. The van der Waals surface area contributed by atoms with E-state index in [2.05, 4.69) is 37.4 Å². The van der Waals surface area contributed by atoms with E-state index in [1.807, 2.05) is 6.92 Å². The Morgan fingerprint density at radius 2 is 2.19 bits per heavy atom. The van der Waals surface area contributed by atoms with Gasteiger partial charge in [-0.3, -0.25) is 0 Å². The van der Waals surface area contributed by atoms with Crippen molar-refractivity contribution >= 4 is 5.69 Å². The molecular weight excluding hydrogens is 198 g/mol. The number of anilines is 1. The second-order valence-corrected chi connectivity index (χ2v) is 4.68. The fourth-order valence-corrected chi connectivity index (χ4v) is 1.98. The van der Waals surface area contributed by atoms with E-state index < -0.39 is 0 Å². The molecule has 1 saturated carbocycles. The van der Waals surface area contributed by atoms with E-state index in [1.54, 1.807) is 0 Å². The first kappa shape index (κ1) is 11.3. The smallest absolute Gasteiger partial charge is 0.124 e. The van der Waals surface area contributed by atoms with Gasteiger partial charge in [-0.2, -0.15) is 0 Å². The third-order valence-corrected chi connectivity index (χ3v) is 3.21. The average molecular weight is 219 g/mol. The van der Waals surface area contributed by atoms with Crippen LogP contribution in [0.1, 0.15) is 32.3 Å². The SMILES string of the molecule is CCOc1cc(NC(C)C2CC2)ccc1C. The minimum Gasteiger partial charge on any atom is -0.494 e. The standard InChI is InChI=1S/C14H21NO/c1-4-16-14-9-13(8-5-10(14)2)15-11(3)12-6-7-12/h5,8-9,11-12,15H,4,6-7H2,1-3H3. The summed E-state index contributed by atoms with van der Waals surface area (Å²) in [5.41, 5.74) is 2.37. The molecule has 2 rings (SSSR count). The van der Waals surface area contributed by atoms with Gasteiger partial charge in [-0.15, -0.1) is 0 Å². The number of benzene rings is 1. The predicted molar refractivity (Wildman–Crippen MR) is 68.2 cm³/mol. The fourth-order valence-electron chi connectivity index (χ4n) is 1.98. The summed E-state index contributed by atoms with van der Waals surface area (Å²) in [6.07, 6.45) is 2.75. The van der Waals surface area contributed by atoms with Gasteiger partial charge in [0.1, 0.15) is 5.75 Å². The molecule has 0 aliphatic heterocycles. The summed E-state index contributed by atoms with van der Waals surface area (Å²) >= 11 is 0. The highest BCUT2D eigenvalue weighted by molar-refractivity contribution is 5.52.